The minimum Gasteiger partial charge on any atom is -0.508 e. The van der Waals surface area contributed by atoms with Gasteiger partial charge in [0.25, 0.3) is 0 Å². The molecular formula is C17H18BrNO. The molecule has 0 fully saturated rings. The van der Waals surface area contributed by atoms with Gasteiger partial charge in [0.2, 0.25) is 0 Å². The van der Waals surface area contributed by atoms with Gasteiger partial charge in [-0.2, -0.15) is 0 Å². The van der Waals surface area contributed by atoms with E-state index in [2.05, 4.69) is 46.4 Å². The molecule has 0 bridgehead atoms. The van der Waals surface area contributed by atoms with Gasteiger partial charge in [-0.1, -0.05) is 40.2 Å². The van der Waals surface area contributed by atoms with E-state index in [-0.39, 0.29) is 6.04 Å². The topological polar surface area (TPSA) is 32.3 Å². The molecule has 3 rings (SSSR count). The van der Waals surface area contributed by atoms with E-state index in [1.165, 1.54) is 16.7 Å². The van der Waals surface area contributed by atoms with Crippen LogP contribution in [-0.2, 0) is 6.42 Å². The molecule has 3 heteroatoms. The van der Waals surface area contributed by atoms with Crippen LogP contribution in [0.2, 0.25) is 0 Å². The van der Waals surface area contributed by atoms with Crippen LogP contribution < -0.4 is 5.32 Å². The van der Waals surface area contributed by atoms with Crippen molar-refractivity contribution < 1.29 is 5.11 Å². The van der Waals surface area contributed by atoms with Crippen LogP contribution in [0.25, 0.3) is 0 Å². The quantitative estimate of drug-likeness (QED) is 0.868. The molecule has 0 aliphatic heterocycles. The summed E-state index contributed by atoms with van der Waals surface area (Å²) < 4.78 is 1.14. The number of benzene rings is 2. The normalized spacial score (nSPS) is 18.8. The van der Waals surface area contributed by atoms with Crippen molar-refractivity contribution >= 4 is 15.9 Å². The van der Waals surface area contributed by atoms with Gasteiger partial charge >= 0.3 is 0 Å². The van der Waals surface area contributed by atoms with E-state index in [4.69, 9.17) is 0 Å². The fourth-order valence-corrected chi connectivity index (χ4v) is 3.62. The van der Waals surface area contributed by atoms with Crippen LogP contribution in [0.5, 0.6) is 5.75 Å². The second kappa shape index (κ2) is 5.58. The van der Waals surface area contributed by atoms with Crippen LogP contribution in [0, 0.1) is 0 Å². The lowest BCUT2D eigenvalue weighted by Gasteiger charge is -2.21. The Hall–Kier alpha value is -1.32. The maximum absolute atomic E-state index is 9.55. The third-order valence-electron chi connectivity index (χ3n) is 4.03. The van der Waals surface area contributed by atoms with Gasteiger partial charge in [-0.05, 0) is 54.7 Å². The molecule has 2 aromatic carbocycles. The van der Waals surface area contributed by atoms with Gasteiger partial charge in [0.05, 0.1) is 0 Å². The average molecular weight is 332 g/mol. The van der Waals surface area contributed by atoms with Gasteiger partial charge in [0, 0.05) is 16.6 Å². The summed E-state index contributed by atoms with van der Waals surface area (Å²) in [5, 5.41) is 13.3. The first-order valence-corrected chi connectivity index (χ1v) is 7.76. The van der Waals surface area contributed by atoms with Crippen molar-refractivity contribution in [2.75, 3.05) is 0 Å². The molecule has 1 unspecified atom stereocenters. The van der Waals surface area contributed by atoms with E-state index in [0.717, 1.165) is 17.3 Å². The average Bonchev–Trinajstić information content (AvgIpc) is 2.81. The summed E-state index contributed by atoms with van der Waals surface area (Å²) in [5.74, 6) is 0.364. The lowest BCUT2D eigenvalue weighted by atomic mass is 10.0. The van der Waals surface area contributed by atoms with Gasteiger partial charge in [-0.25, -0.2) is 0 Å². The summed E-state index contributed by atoms with van der Waals surface area (Å²) in [7, 11) is 0. The molecule has 0 heterocycles. The highest BCUT2D eigenvalue weighted by Crippen LogP contribution is 2.35. The third kappa shape index (κ3) is 2.60. The number of hydrogen-bond donors (Lipinski definition) is 2. The van der Waals surface area contributed by atoms with Gasteiger partial charge in [0.1, 0.15) is 5.75 Å². The number of fused-ring (bicyclic) bond motifs is 1. The Labute approximate surface area is 128 Å². The highest BCUT2D eigenvalue weighted by molar-refractivity contribution is 9.10. The van der Waals surface area contributed by atoms with Crippen LogP contribution >= 0.6 is 15.9 Å². The molecule has 0 saturated heterocycles. The molecule has 0 amide bonds. The minimum atomic E-state index is 0.287. The molecule has 0 radical (unpaired) electrons. The Morgan fingerprint density at radius 1 is 1.25 bits per heavy atom. The highest BCUT2D eigenvalue weighted by Gasteiger charge is 2.24. The van der Waals surface area contributed by atoms with Crippen LogP contribution in [0.15, 0.2) is 46.9 Å². The van der Waals surface area contributed by atoms with E-state index >= 15 is 0 Å². The molecule has 0 spiro atoms. The van der Waals surface area contributed by atoms with Crippen molar-refractivity contribution in [2.45, 2.75) is 31.8 Å². The monoisotopic (exact) mass is 331 g/mol. The van der Waals surface area contributed by atoms with E-state index in [9.17, 15) is 5.11 Å². The first kappa shape index (κ1) is 13.7. The lowest BCUT2D eigenvalue weighted by Crippen LogP contribution is -2.23. The Morgan fingerprint density at radius 3 is 2.85 bits per heavy atom. The predicted octanol–water partition coefficient (Wildman–Crippen LogP) is 4.49. The zero-order chi connectivity index (χ0) is 14.1. The summed E-state index contributed by atoms with van der Waals surface area (Å²) in [4.78, 5) is 0. The molecule has 2 N–H and O–H groups in total. The van der Waals surface area contributed by atoms with Crippen molar-refractivity contribution in [3.8, 4) is 5.75 Å². The number of hydrogen-bond acceptors (Lipinski definition) is 2. The number of halogens is 1. The Kier molecular flexibility index (Phi) is 3.81. The largest absolute Gasteiger partial charge is 0.508 e. The summed E-state index contributed by atoms with van der Waals surface area (Å²) >= 11 is 3.61. The molecule has 1 aliphatic rings. The van der Waals surface area contributed by atoms with Crippen molar-refractivity contribution in [3.05, 3.63) is 63.6 Å². The van der Waals surface area contributed by atoms with Crippen molar-refractivity contribution in [2.24, 2.45) is 0 Å². The molecule has 104 valence electrons. The predicted molar refractivity (Wildman–Crippen MR) is 84.9 cm³/mol. The van der Waals surface area contributed by atoms with Crippen LogP contribution in [-0.4, -0.2) is 5.11 Å². The van der Waals surface area contributed by atoms with Crippen LogP contribution in [0.1, 0.15) is 42.1 Å². The van der Waals surface area contributed by atoms with Crippen molar-refractivity contribution in [1.82, 2.24) is 5.32 Å². The minimum absolute atomic E-state index is 0.287. The Morgan fingerprint density at radius 2 is 2.05 bits per heavy atom. The third-order valence-corrected chi connectivity index (χ3v) is 4.75. The highest BCUT2D eigenvalue weighted by atomic mass is 79.9. The number of phenolic OH excluding ortho intramolecular Hbond substituents is 1. The Balaban J connectivity index is 1.79. The number of nitrogens with one attached hydrogen (secondary N) is 1. The zero-order valence-electron chi connectivity index (χ0n) is 11.4. The van der Waals surface area contributed by atoms with Crippen LogP contribution in [0.3, 0.4) is 0 Å². The van der Waals surface area contributed by atoms with E-state index < -0.39 is 0 Å². The lowest BCUT2D eigenvalue weighted by molar-refractivity contribution is 0.463. The van der Waals surface area contributed by atoms with Gasteiger partial charge in [0.15, 0.2) is 0 Å². The van der Waals surface area contributed by atoms with Crippen molar-refractivity contribution in [1.29, 1.82) is 0 Å². The molecule has 20 heavy (non-hydrogen) atoms. The van der Waals surface area contributed by atoms with Crippen molar-refractivity contribution in [3.63, 3.8) is 0 Å². The van der Waals surface area contributed by atoms with E-state index in [1.807, 2.05) is 18.2 Å². The summed E-state index contributed by atoms with van der Waals surface area (Å²) in [6, 6.07) is 14.7. The molecule has 0 saturated carbocycles. The van der Waals surface area contributed by atoms with E-state index in [1.54, 1.807) is 6.07 Å². The first-order chi connectivity index (χ1) is 9.65. The number of aryl methyl sites for hydroxylation is 1. The Bertz CT molecular complexity index is 626. The molecule has 0 aromatic heterocycles. The molecule has 2 aromatic rings. The van der Waals surface area contributed by atoms with E-state index in [0.29, 0.717) is 11.8 Å². The second-order valence-corrected chi connectivity index (χ2v) is 6.24. The number of aromatic hydroxyl groups is 1. The molecule has 2 atom stereocenters. The fourth-order valence-electron chi connectivity index (χ4n) is 2.99. The smallest absolute Gasteiger partial charge is 0.115 e. The number of phenols is 1. The SMILES string of the molecule is C[C@@H](NC1CCc2cc(O)ccc21)c1ccccc1Br. The summed E-state index contributed by atoms with van der Waals surface area (Å²) in [6.07, 6.45) is 2.12. The van der Waals surface area contributed by atoms with Gasteiger partial charge in [-0.15, -0.1) is 0 Å². The van der Waals surface area contributed by atoms with Crippen LogP contribution in [0.4, 0.5) is 0 Å². The fraction of sp³-hybridized carbons (Fsp3) is 0.294. The zero-order valence-corrected chi connectivity index (χ0v) is 13.0. The second-order valence-electron chi connectivity index (χ2n) is 5.38. The molecule has 1 aliphatic carbocycles. The summed E-state index contributed by atoms with van der Waals surface area (Å²) in [5.41, 5.74) is 3.86. The standard InChI is InChI=1S/C17H18BrNO/c1-11(14-4-2-3-5-16(14)18)19-17-9-6-12-10-13(20)7-8-15(12)17/h2-5,7-8,10-11,17,19-20H,6,9H2,1H3/t11-,17?/m1/s1. The summed E-state index contributed by atoms with van der Waals surface area (Å²) in [6.45, 7) is 2.19. The number of rotatable bonds is 3. The molecular weight excluding hydrogens is 314 g/mol. The van der Waals surface area contributed by atoms with Gasteiger partial charge in [-0.3, -0.25) is 0 Å². The molecule has 2 nitrogen and oxygen atoms in total. The van der Waals surface area contributed by atoms with Gasteiger partial charge < -0.3 is 10.4 Å². The first-order valence-electron chi connectivity index (χ1n) is 6.97. The maximum atomic E-state index is 9.55. The maximum Gasteiger partial charge on any atom is 0.115 e.